The van der Waals surface area contributed by atoms with Gasteiger partial charge in [-0.3, -0.25) is 4.79 Å². The molecule has 16 heavy (non-hydrogen) atoms. The average Bonchev–Trinajstić information content (AvgIpc) is 2.77. The van der Waals surface area contributed by atoms with E-state index < -0.39 is 0 Å². The number of hydrogen-bond donors (Lipinski definition) is 2. The minimum Gasteiger partial charge on any atom is -0.373 e. The van der Waals surface area contributed by atoms with E-state index in [2.05, 4.69) is 10.6 Å². The van der Waals surface area contributed by atoms with Gasteiger partial charge in [-0.2, -0.15) is 0 Å². The van der Waals surface area contributed by atoms with Gasteiger partial charge in [0.2, 0.25) is 5.91 Å². The number of nitrogens with one attached hydrogen (secondary N) is 2. The summed E-state index contributed by atoms with van der Waals surface area (Å²) < 4.78 is 5.74. The zero-order chi connectivity index (χ0) is 11.5. The highest BCUT2D eigenvalue weighted by molar-refractivity contribution is 5.76. The lowest BCUT2D eigenvalue weighted by molar-refractivity contribution is -0.121. The zero-order valence-electron chi connectivity index (χ0n) is 10.2. The van der Waals surface area contributed by atoms with Crippen LogP contribution in [-0.4, -0.2) is 36.7 Å². The zero-order valence-corrected chi connectivity index (χ0v) is 10.2. The van der Waals surface area contributed by atoms with Crippen molar-refractivity contribution in [2.75, 3.05) is 6.54 Å². The van der Waals surface area contributed by atoms with E-state index in [0.29, 0.717) is 24.7 Å². The maximum atomic E-state index is 11.4. The van der Waals surface area contributed by atoms with Crippen LogP contribution in [0, 0.1) is 0 Å². The highest BCUT2D eigenvalue weighted by atomic mass is 16.5. The van der Waals surface area contributed by atoms with Gasteiger partial charge >= 0.3 is 0 Å². The molecule has 2 bridgehead atoms. The molecule has 2 heterocycles. The minimum absolute atomic E-state index is 0.131. The lowest BCUT2D eigenvalue weighted by Gasteiger charge is -2.20. The van der Waals surface area contributed by atoms with E-state index in [0.717, 1.165) is 13.0 Å². The highest BCUT2D eigenvalue weighted by Crippen LogP contribution is 2.34. The van der Waals surface area contributed by atoms with E-state index in [1.165, 1.54) is 12.8 Å². The maximum absolute atomic E-state index is 11.4. The molecule has 2 fully saturated rings. The molecule has 2 rings (SSSR count). The third-order valence-electron chi connectivity index (χ3n) is 3.31. The first-order valence-electron chi connectivity index (χ1n) is 6.33. The molecule has 2 aliphatic heterocycles. The third-order valence-corrected chi connectivity index (χ3v) is 3.31. The quantitative estimate of drug-likeness (QED) is 0.729. The van der Waals surface area contributed by atoms with Crippen molar-refractivity contribution in [1.29, 1.82) is 0 Å². The summed E-state index contributed by atoms with van der Waals surface area (Å²) in [4.78, 5) is 11.4. The number of rotatable bonds is 5. The Morgan fingerprint density at radius 1 is 1.44 bits per heavy atom. The molecule has 2 saturated heterocycles. The molecule has 0 spiro atoms. The van der Waals surface area contributed by atoms with Gasteiger partial charge in [0.05, 0.1) is 12.2 Å². The number of hydrogen-bond acceptors (Lipinski definition) is 3. The number of amides is 1. The van der Waals surface area contributed by atoms with Gasteiger partial charge in [0.25, 0.3) is 0 Å². The Labute approximate surface area is 97.1 Å². The monoisotopic (exact) mass is 226 g/mol. The molecule has 0 aliphatic carbocycles. The average molecular weight is 226 g/mol. The summed E-state index contributed by atoms with van der Waals surface area (Å²) in [6.45, 7) is 4.72. The van der Waals surface area contributed by atoms with Crippen molar-refractivity contribution in [1.82, 2.24) is 10.6 Å². The van der Waals surface area contributed by atoms with E-state index in [-0.39, 0.29) is 11.9 Å². The predicted molar refractivity (Wildman–Crippen MR) is 62.2 cm³/mol. The number of carbonyl (C=O) groups excluding carboxylic acids is 1. The van der Waals surface area contributed by atoms with Gasteiger partial charge in [-0.15, -0.1) is 0 Å². The molecule has 0 saturated carbocycles. The summed E-state index contributed by atoms with van der Waals surface area (Å²) in [7, 11) is 0. The van der Waals surface area contributed by atoms with Crippen molar-refractivity contribution in [2.45, 2.75) is 63.8 Å². The first-order chi connectivity index (χ1) is 7.65. The second-order valence-electron chi connectivity index (χ2n) is 5.14. The molecule has 4 nitrogen and oxygen atoms in total. The molecule has 3 unspecified atom stereocenters. The van der Waals surface area contributed by atoms with Crippen LogP contribution in [0.2, 0.25) is 0 Å². The molecule has 2 N–H and O–H groups in total. The largest absolute Gasteiger partial charge is 0.373 e. The molecule has 1 amide bonds. The second-order valence-corrected chi connectivity index (χ2v) is 5.14. The van der Waals surface area contributed by atoms with Crippen molar-refractivity contribution in [2.24, 2.45) is 0 Å². The summed E-state index contributed by atoms with van der Waals surface area (Å²) in [6, 6.07) is 0.712. The van der Waals surface area contributed by atoms with Gasteiger partial charge in [0.15, 0.2) is 0 Å². The van der Waals surface area contributed by atoms with Gasteiger partial charge in [-0.25, -0.2) is 0 Å². The summed E-state index contributed by atoms with van der Waals surface area (Å²) in [5, 5.41) is 6.32. The smallest absolute Gasteiger partial charge is 0.221 e. The van der Waals surface area contributed by atoms with Crippen LogP contribution in [0.15, 0.2) is 0 Å². The SMILES string of the molecule is CC(C)NC(=O)CCNC1CC2CCC1O2. The number of ether oxygens (including phenoxy) is 1. The van der Waals surface area contributed by atoms with Crippen LogP contribution in [0.5, 0.6) is 0 Å². The van der Waals surface area contributed by atoms with Crippen LogP contribution < -0.4 is 10.6 Å². The highest BCUT2D eigenvalue weighted by Gasteiger charge is 2.40. The summed E-state index contributed by atoms with van der Waals surface area (Å²) in [5.41, 5.74) is 0. The van der Waals surface area contributed by atoms with E-state index in [9.17, 15) is 4.79 Å². The fraction of sp³-hybridized carbons (Fsp3) is 0.917. The molecule has 4 heteroatoms. The molecule has 92 valence electrons. The number of fused-ring (bicyclic) bond motifs is 2. The summed E-state index contributed by atoms with van der Waals surface area (Å²) in [5.74, 6) is 0.131. The first kappa shape index (κ1) is 11.9. The molecular weight excluding hydrogens is 204 g/mol. The maximum Gasteiger partial charge on any atom is 0.221 e. The molecule has 0 aromatic rings. The molecule has 0 radical (unpaired) electrons. The normalized spacial score (nSPS) is 32.3. The van der Waals surface area contributed by atoms with Crippen molar-refractivity contribution in [3.8, 4) is 0 Å². The molecular formula is C12H22N2O2. The molecule has 3 atom stereocenters. The second kappa shape index (κ2) is 5.15. The van der Waals surface area contributed by atoms with Crippen LogP contribution in [-0.2, 0) is 9.53 Å². The lowest BCUT2D eigenvalue weighted by Crippen LogP contribution is -2.40. The van der Waals surface area contributed by atoms with Crippen LogP contribution in [0.1, 0.15) is 39.5 Å². The van der Waals surface area contributed by atoms with Crippen LogP contribution in [0.3, 0.4) is 0 Å². The van der Waals surface area contributed by atoms with Gasteiger partial charge in [0.1, 0.15) is 0 Å². The van der Waals surface area contributed by atoms with E-state index in [4.69, 9.17) is 4.74 Å². The third kappa shape index (κ3) is 2.95. The lowest BCUT2D eigenvalue weighted by atomic mass is 9.95. The molecule has 2 aliphatic rings. The Morgan fingerprint density at radius 3 is 2.81 bits per heavy atom. The summed E-state index contributed by atoms with van der Waals surface area (Å²) in [6.07, 6.45) is 4.96. The van der Waals surface area contributed by atoms with Crippen LogP contribution >= 0.6 is 0 Å². The van der Waals surface area contributed by atoms with E-state index >= 15 is 0 Å². The fourth-order valence-corrected chi connectivity index (χ4v) is 2.62. The first-order valence-corrected chi connectivity index (χ1v) is 6.33. The van der Waals surface area contributed by atoms with Crippen molar-refractivity contribution in [3.63, 3.8) is 0 Å². The van der Waals surface area contributed by atoms with Crippen LogP contribution in [0.4, 0.5) is 0 Å². The Hall–Kier alpha value is -0.610. The van der Waals surface area contributed by atoms with Gasteiger partial charge in [-0.05, 0) is 33.1 Å². The van der Waals surface area contributed by atoms with Gasteiger partial charge in [0, 0.05) is 25.0 Å². The van der Waals surface area contributed by atoms with E-state index in [1.807, 2.05) is 13.8 Å². The fourth-order valence-electron chi connectivity index (χ4n) is 2.62. The predicted octanol–water partition coefficient (Wildman–Crippen LogP) is 0.811. The Morgan fingerprint density at radius 2 is 2.25 bits per heavy atom. The van der Waals surface area contributed by atoms with Gasteiger partial charge < -0.3 is 15.4 Å². The topological polar surface area (TPSA) is 50.4 Å². The van der Waals surface area contributed by atoms with Crippen LogP contribution in [0.25, 0.3) is 0 Å². The summed E-state index contributed by atoms with van der Waals surface area (Å²) >= 11 is 0. The number of carbonyl (C=O) groups is 1. The Kier molecular flexibility index (Phi) is 3.82. The van der Waals surface area contributed by atoms with Crippen molar-refractivity contribution in [3.05, 3.63) is 0 Å². The van der Waals surface area contributed by atoms with Crippen molar-refractivity contribution < 1.29 is 9.53 Å². The molecule has 0 aromatic carbocycles. The Bertz CT molecular complexity index is 255. The van der Waals surface area contributed by atoms with Crippen molar-refractivity contribution >= 4 is 5.91 Å². The minimum atomic E-state index is 0.131. The van der Waals surface area contributed by atoms with E-state index in [1.54, 1.807) is 0 Å². The Balaban J connectivity index is 1.60. The van der Waals surface area contributed by atoms with Gasteiger partial charge in [-0.1, -0.05) is 0 Å². The standard InChI is InChI=1S/C12H22N2O2/c1-8(2)14-12(15)5-6-13-10-7-9-3-4-11(10)16-9/h8-11,13H,3-7H2,1-2H3,(H,14,15). The molecule has 0 aromatic heterocycles.